The van der Waals surface area contributed by atoms with Gasteiger partial charge in [0.25, 0.3) is 0 Å². The lowest BCUT2D eigenvalue weighted by molar-refractivity contribution is -0.0971. The van der Waals surface area contributed by atoms with Crippen molar-refractivity contribution in [2.75, 3.05) is 27.3 Å². The molecule has 1 fully saturated rings. The van der Waals surface area contributed by atoms with Crippen LogP contribution in [0.2, 0.25) is 0 Å². The molecule has 0 saturated heterocycles. The second-order valence-electron chi connectivity index (χ2n) is 6.49. The third-order valence-corrected chi connectivity index (χ3v) is 4.49. The molecular weight excluding hydrogens is 338 g/mol. The molecule has 0 bridgehead atoms. The summed E-state index contributed by atoms with van der Waals surface area (Å²) in [5.41, 5.74) is 0.753. The van der Waals surface area contributed by atoms with E-state index in [1.54, 1.807) is 6.07 Å². The highest BCUT2D eigenvalue weighted by atomic mass is 16.7. The Labute approximate surface area is 154 Å². The van der Waals surface area contributed by atoms with Crippen molar-refractivity contribution in [1.82, 2.24) is 15.6 Å². The Morgan fingerprint density at radius 3 is 2.58 bits per heavy atom. The number of nitrogens with zero attached hydrogens (tertiary/aromatic N) is 1. The number of carbonyl (C=O) groups excluding carboxylic acids is 1. The summed E-state index contributed by atoms with van der Waals surface area (Å²) in [4.78, 5) is 16.1. The number of aromatic nitrogens is 1. The molecule has 1 aliphatic carbocycles. The molecule has 0 aromatic carbocycles. The van der Waals surface area contributed by atoms with E-state index in [9.17, 15) is 9.90 Å². The number of urea groups is 1. The van der Waals surface area contributed by atoms with Crippen LogP contribution in [0.3, 0.4) is 0 Å². The lowest BCUT2D eigenvalue weighted by Gasteiger charge is -2.18. The highest BCUT2D eigenvalue weighted by molar-refractivity contribution is 5.73. The minimum Gasteiger partial charge on any atom is -0.503 e. The van der Waals surface area contributed by atoms with Crippen LogP contribution in [0.4, 0.5) is 4.79 Å². The molecule has 2 amide bonds. The van der Waals surface area contributed by atoms with Gasteiger partial charge < -0.3 is 30.0 Å². The lowest BCUT2D eigenvalue weighted by Crippen LogP contribution is -2.41. The van der Waals surface area contributed by atoms with Crippen LogP contribution in [0.1, 0.15) is 44.2 Å². The SMILES string of the molecule is COC(CNC(=O)NCC(C)c1cc(OC2CCCC2)c(O)cn1)OC. The molecule has 1 atom stereocenters. The predicted octanol–water partition coefficient (Wildman–Crippen LogP) is 2.13. The van der Waals surface area contributed by atoms with Gasteiger partial charge in [-0.25, -0.2) is 4.79 Å². The number of hydrogen-bond donors (Lipinski definition) is 3. The highest BCUT2D eigenvalue weighted by Crippen LogP contribution is 2.32. The van der Waals surface area contributed by atoms with Crippen molar-refractivity contribution in [3.8, 4) is 11.5 Å². The van der Waals surface area contributed by atoms with Crippen LogP contribution < -0.4 is 15.4 Å². The third-order valence-electron chi connectivity index (χ3n) is 4.49. The first-order valence-electron chi connectivity index (χ1n) is 8.96. The zero-order valence-corrected chi connectivity index (χ0v) is 15.7. The maximum absolute atomic E-state index is 11.8. The lowest BCUT2D eigenvalue weighted by atomic mass is 10.1. The van der Waals surface area contributed by atoms with Gasteiger partial charge in [0.15, 0.2) is 17.8 Å². The number of amides is 2. The summed E-state index contributed by atoms with van der Waals surface area (Å²) >= 11 is 0. The zero-order valence-electron chi connectivity index (χ0n) is 15.7. The molecule has 1 unspecified atom stereocenters. The van der Waals surface area contributed by atoms with Crippen LogP contribution in [0.25, 0.3) is 0 Å². The normalized spacial score (nSPS) is 15.8. The summed E-state index contributed by atoms with van der Waals surface area (Å²) in [6.07, 6.45) is 5.42. The van der Waals surface area contributed by atoms with E-state index in [2.05, 4.69) is 15.6 Å². The monoisotopic (exact) mass is 367 g/mol. The number of methoxy groups -OCH3 is 2. The van der Waals surface area contributed by atoms with Crippen molar-refractivity contribution in [3.63, 3.8) is 0 Å². The molecule has 1 aromatic heterocycles. The first-order chi connectivity index (χ1) is 12.5. The Hall–Kier alpha value is -2.06. The van der Waals surface area contributed by atoms with Crippen molar-refractivity contribution >= 4 is 6.03 Å². The quantitative estimate of drug-likeness (QED) is 0.578. The minimum absolute atomic E-state index is 0.0343. The summed E-state index contributed by atoms with van der Waals surface area (Å²) in [6.45, 7) is 2.60. The van der Waals surface area contributed by atoms with Gasteiger partial charge >= 0.3 is 6.03 Å². The highest BCUT2D eigenvalue weighted by Gasteiger charge is 2.19. The molecule has 1 aromatic rings. The van der Waals surface area contributed by atoms with E-state index in [4.69, 9.17) is 14.2 Å². The molecule has 0 radical (unpaired) electrons. The van der Waals surface area contributed by atoms with Crippen LogP contribution in [-0.2, 0) is 9.47 Å². The Morgan fingerprint density at radius 1 is 1.27 bits per heavy atom. The maximum Gasteiger partial charge on any atom is 0.314 e. The Kier molecular flexibility index (Phi) is 7.93. The number of rotatable bonds is 9. The smallest absolute Gasteiger partial charge is 0.314 e. The molecule has 1 saturated carbocycles. The fraction of sp³-hybridized carbons (Fsp3) is 0.667. The summed E-state index contributed by atoms with van der Waals surface area (Å²) in [5, 5.41) is 15.4. The first kappa shape index (κ1) is 20.3. The second kappa shape index (κ2) is 10.2. The second-order valence-corrected chi connectivity index (χ2v) is 6.49. The van der Waals surface area contributed by atoms with Gasteiger partial charge in [0.1, 0.15) is 0 Å². The van der Waals surface area contributed by atoms with Crippen LogP contribution in [0.15, 0.2) is 12.3 Å². The fourth-order valence-electron chi connectivity index (χ4n) is 2.85. The Morgan fingerprint density at radius 2 is 1.92 bits per heavy atom. The van der Waals surface area contributed by atoms with E-state index in [0.717, 1.165) is 31.4 Å². The molecule has 26 heavy (non-hydrogen) atoms. The molecule has 1 heterocycles. The van der Waals surface area contributed by atoms with E-state index < -0.39 is 6.29 Å². The van der Waals surface area contributed by atoms with Crippen LogP contribution in [0.5, 0.6) is 11.5 Å². The average molecular weight is 367 g/mol. The number of carbonyl (C=O) groups is 1. The molecule has 1 aliphatic rings. The van der Waals surface area contributed by atoms with Crippen molar-refractivity contribution in [2.24, 2.45) is 0 Å². The van der Waals surface area contributed by atoms with Crippen molar-refractivity contribution in [1.29, 1.82) is 0 Å². The summed E-state index contributed by atoms with van der Waals surface area (Å²) < 4.78 is 15.9. The van der Waals surface area contributed by atoms with Crippen molar-refractivity contribution in [2.45, 2.75) is 50.9 Å². The van der Waals surface area contributed by atoms with E-state index >= 15 is 0 Å². The van der Waals surface area contributed by atoms with Gasteiger partial charge in [-0.3, -0.25) is 4.98 Å². The van der Waals surface area contributed by atoms with E-state index in [1.807, 2.05) is 6.92 Å². The van der Waals surface area contributed by atoms with Crippen LogP contribution >= 0.6 is 0 Å². The van der Waals surface area contributed by atoms with E-state index in [0.29, 0.717) is 12.3 Å². The number of hydrogen-bond acceptors (Lipinski definition) is 6. The zero-order chi connectivity index (χ0) is 18.9. The Balaban J connectivity index is 1.84. The third kappa shape index (κ3) is 6.03. The van der Waals surface area contributed by atoms with Crippen LogP contribution in [-0.4, -0.2) is 55.8 Å². The molecule has 0 aliphatic heterocycles. The molecule has 2 rings (SSSR count). The number of pyridine rings is 1. The molecule has 0 spiro atoms. The summed E-state index contributed by atoms with van der Waals surface area (Å²) in [6, 6.07) is 1.45. The van der Waals surface area contributed by atoms with Gasteiger partial charge in [0.2, 0.25) is 0 Å². The van der Waals surface area contributed by atoms with E-state index in [1.165, 1.54) is 20.4 Å². The van der Waals surface area contributed by atoms with Gasteiger partial charge in [0, 0.05) is 38.4 Å². The molecule has 3 N–H and O–H groups in total. The number of ether oxygens (including phenoxy) is 3. The van der Waals surface area contributed by atoms with Crippen molar-refractivity contribution in [3.05, 3.63) is 18.0 Å². The summed E-state index contributed by atoms with van der Waals surface area (Å²) in [7, 11) is 3.02. The predicted molar refractivity (Wildman–Crippen MR) is 96.4 cm³/mol. The maximum atomic E-state index is 11.8. The molecular formula is C18H29N3O5. The summed E-state index contributed by atoms with van der Waals surface area (Å²) in [5.74, 6) is 0.470. The molecule has 146 valence electrons. The number of aromatic hydroxyl groups is 1. The standard InChI is InChI=1S/C18H29N3O5/c1-12(9-20-18(23)21-11-17(24-2)25-3)14-8-16(15(22)10-19-14)26-13-6-4-5-7-13/h8,10,12-13,17,22H,4-7,9,11H2,1-3H3,(H2,20,21,23). The number of nitrogens with one attached hydrogen (secondary N) is 2. The molecule has 8 heteroatoms. The van der Waals surface area contributed by atoms with Gasteiger partial charge in [-0.2, -0.15) is 0 Å². The van der Waals surface area contributed by atoms with Gasteiger partial charge in [-0.05, 0) is 25.7 Å². The van der Waals surface area contributed by atoms with Gasteiger partial charge in [-0.15, -0.1) is 0 Å². The van der Waals surface area contributed by atoms with E-state index in [-0.39, 0.29) is 30.3 Å². The van der Waals surface area contributed by atoms with Crippen LogP contribution in [0, 0.1) is 0 Å². The Bertz CT molecular complexity index is 574. The largest absolute Gasteiger partial charge is 0.503 e. The van der Waals surface area contributed by atoms with Gasteiger partial charge in [-0.1, -0.05) is 6.92 Å². The topological polar surface area (TPSA) is 102 Å². The van der Waals surface area contributed by atoms with Gasteiger partial charge in [0.05, 0.1) is 18.8 Å². The average Bonchev–Trinajstić information content (AvgIpc) is 3.15. The molecule has 8 nitrogen and oxygen atoms in total. The first-order valence-corrected chi connectivity index (χ1v) is 8.96. The fourth-order valence-corrected chi connectivity index (χ4v) is 2.85. The minimum atomic E-state index is -0.479. The van der Waals surface area contributed by atoms with Crippen molar-refractivity contribution < 1.29 is 24.1 Å².